The van der Waals surface area contributed by atoms with Gasteiger partial charge in [0.2, 0.25) is 59.1 Å². The van der Waals surface area contributed by atoms with Crippen molar-refractivity contribution in [3.63, 3.8) is 0 Å². The predicted octanol–water partition coefficient (Wildman–Crippen LogP) is -3.24. The van der Waals surface area contributed by atoms with Gasteiger partial charge in [-0.3, -0.25) is 52.7 Å². The van der Waals surface area contributed by atoms with Crippen LogP contribution in [-0.4, -0.2) is 327 Å². The molecule has 10 amide bonds. The van der Waals surface area contributed by atoms with Gasteiger partial charge in [-0.2, -0.15) is 0 Å². The molecule has 41 heteroatoms. The first-order valence-electron chi connectivity index (χ1n) is 41.3. The summed E-state index contributed by atoms with van der Waals surface area (Å²) in [6.07, 6.45) is -10.2. The minimum atomic E-state index is -1.61. The highest BCUT2D eigenvalue weighted by Gasteiger charge is 2.48. The summed E-state index contributed by atoms with van der Waals surface area (Å²) in [5.41, 5.74) is -1.61. The number of carbonyl (C=O) groups excluding carboxylic acids is 11. The number of fused-ring (bicyclic) bond motifs is 5. The molecule has 41 nitrogen and oxygen atoms in total. The summed E-state index contributed by atoms with van der Waals surface area (Å²) in [5.74, 6) is -4.79. The third-order valence-corrected chi connectivity index (χ3v) is 20.2. The summed E-state index contributed by atoms with van der Waals surface area (Å²) in [4.78, 5) is 141. The summed E-state index contributed by atoms with van der Waals surface area (Å²) in [6.45, 7) is 1.43. The van der Waals surface area contributed by atoms with Gasteiger partial charge in [0.1, 0.15) is 84.3 Å². The quantitative estimate of drug-likeness (QED) is 0.00894. The van der Waals surface area contributed by atoms with Gasteiger partial charge in [-0.25, -0.2) is 0 Å². The van der Waals surface area contributed by atoms with Crippen LogP contribution in [0.1, 0.15) is 130 Å². The van der Waals surface area contributed by atoms with E-state index in [-0.39, 0.29) is 161 Å². The third-order valence-electron chi connectivity index (χ3n) is 20.2. The lowest BCUT2D eigenvalue weighted by molar-refractivity contribution is -0.270. The molecular weight excluding hydrogens is 1610 g/mol. The Morgan fingerprint density at radius 1 is 0.361 bits per heavy atom. The Hall–Kier alpha value is -8.83. The number of unbranched alkanes of at least 4 members (excludes halogenated alkanes) is 3. The van der Waals surface area contributed by atoms with Crippen molar-refractivity contribution in [1.29, 1.82) is 0 Å². The zero-order valence-corrected chi connectivity index (χ0v) is 69.1. The van der Waals surface area contributed by atoms with Gasteiger partial charge in [-0.05, 0) is 91.5 Å². The number of hydrogen-bond acceptors (Lipinski definition) is 31. The maximum absolute atomic E-state index is 14.2. The fraction of sp³-hybridized carbons (Fsp3) is 0.667. The van der Waals surface area contributed by atoms with Crippen LogP contribution in [-0.2, 0) is 95.4 Å². The van der Waals surface area contributed by atoms with E-state index in [0.717, 1.165) is 32.3 Å². The normalized spacial score (nSPS) is 22.8. The summed E-state index contributed by atoms with van der Waals surface area (Å²) < 4.78 is 63.4. The average Bonchev–Trinajstić information content (AvgIpc) is 1.33. The minimum absolute atomic E-state index is 0.0606. The second-order valence-electron chi connectivity index (χ2n) is 30.1. The second-order valence-corrected chi connectivity index (χ2v) is 30.1. The highest BCUT2D eigenvalue weighted by molar-refractivity contribution is 6.17. The molecule has 3 aromatic carbocycles. The molecule has 0 unspecified atom stereocenters. The first kappa shape index (κ1) is 100. The number of furan rings is 1. The van der Waals surface area contributed by atoms with E-state index < -0.39 is 177 Å². The maximum Gasteiger partial charge on any atom is 0.311 e. The smallest absolute Gasteiger partial charge is 0.311 e. The molecule has 122 heavy (non-hydrogen) atoms. The van der Waals surface area contributed by atoms with Crippen molar-refractivity contribution in [1.82, 2.24) is 53.2 Å². The van der Waals surface area contributed by atoms with Crippen LogP contribution >= 0.6 is 0 Å². The lowest BCUT2D eigenvalue weighted by Crippen LogP contribution is -2.64. The van der Waals surface area contributed by atoms with Crippen molar-refractivity contribution in [2.45, 2.75) is 227 Å². The van der Waals surface area contributed by atoms with Gasteiger partial charge in [0.05, 0.1) is 78.4 Å². The molecule has 4 aromatic rings. The van der Waals surface area contributed by atoms with E-state index in [2.05, 4.69) is 53.2 Å². The van der Waals surface area contributed by atoms with Gasteiger partial charge < -0.3 is 151 Å². The number of amides is 10. The highest BCUT2D eigenvalue weighted by Crippen LogP contribution is 2.34. The zero-order valence-electron chi connectivity index (χ0n) is 69.1. The van der Waals surface area contributed by atoms with Crippen molar-refractivity contribution < 1.29 is 150 Å². The van der Waals surface area contributed by atoms with Gasteiger partial charge >= 0.3 is 5.97 Å². The fourth-order valence-corrected chi connectivity index (χ4v) is 13.7. The van der Waals surface area contributed by atoms with Gasteiger partial charge in [0, 0.05) is 136 Å². The van der Waals surface area contributed by atoms with E-state index in [4.69, 9.17) is 51.8 Å². The van der Waals surface area contributed by atoms with Gasteiger partial charge in [-0.1, -0.05) is 30.3 Å². The van der Waals surface area contributed by atoms with E-state index in [1.807, 2.05) is 30.3 Å². The fourth-order valence-electron chi connectivity index (χ4n) is 13.7. The van der Waals surface area contributed by atoms with Crippen LogP contribution in [0.3, 0.4) is 0 Å². The topological polar surface area (TPSA) is 596 Å². The summed E-state index contributed by atoms with van der Waals surface area (Å²) in [7, 11) is 0. The van der Waals surface area contributed by atoms with Crippen molar-refractivity contribution in [3.05, 3.63) is 55.0 Å². The molecule has 682 valence electrons. The number of hydrogen-bond donors (Lipinski definition) is 19. The van der Waals surface area contributed by atoms with Crippen LogP contribution in [0.5, 0.6) is 5.75 Å². The molecule has 0 saturated carbocycles. The number of ether oxygens (including phenoxy) is 10. The number of carbonyl (C=O) groups is 11. The van der Waals surface area contributed by atoms with Crippen LogP contribution in [0, 0.1) is 0 Å². The number of benzene rings is 3. The number of aliphatic hydroxyl groups is 9. The summed E-state index contributed by atoms with van der Waals surface area (Å²) in [5, 5.41) is 124. The lowest BCUT2D eigenvalue weighted by atomic mass is 9.97. The number of nitrogens with one attached hydrogen (secondary N) is 10. The van der Waals surface area contributed by atoms with Gasteiger partial charge in [0.15, 0.2) is 18.9 Å². The monoisotopic (exact) mass is 1730 g/mol. The Bertz CT molecular complexity index is 3730. The minimum Gasteiger partial charge on any atom is -0.471 e. The molecule has 0 aliphatic carbocycles. The van der Waals surface area contributed by atoms with Crippen molar-refractivity contribution in [2.24, 2.45) is 0 Å². The molecule has 0 radical (unpaired) electrons. The Labute approximate surface area is 705 Å². The van der Waals surface area contributed by atoms with Crippen molar-refractivity contribution in [2.75, 3.05) is 119 Å². The molecule has 3 fully saturated rings. The standard InChI is InChI=1S/C81H122N10O31/c1-48(95)88-69-75(109)72(106)58(40-92)120-78(69)116-33-7-4-13-61(98)82-27-10-30-85-64(101)24-36-112-45-81(91-67(104)22-23-68(105)119-53-19-16-51-17-20-55-54(56(51)39-53)21-18-52-43-115-44-57(52)55,46-113-37-25-65(102)86-31-11-28-83-62(99)14-5-8-34-117-79-70(89-49(2)96)76(110)73(107)59(41-93)121-79)47-114-38-26-66(103)87-32-12-29-84-63(100)15-6-9-35-118-80-71(90-50(3)97)77(111)74(108)60(42-94)122-80/h16-21,39,43-44,58-60,69-80,92-94,106-111H,4-15,22-38,40-42,45-47H2,1-3H3,(H,82,98)(H,83,99)(H,84,100)(H,85,101)(H,86,102)(H,87,103)(H,88,95)(H,89,96)(H,90,97)(H,91,104)/t58-,59-,60-,69-,70-,71-,72+,73+,74+,75-,76-,77-,78-,79+,80+/m1/s1. The van der Waals surface area contributed by atoms with E-state index in [9.17, 15) is 98.7 Å². The van der Waals surface area contributed by atoms with Crippen LogP contribution in [0.25, 0.3) is 32.3 Å². The summed E-state index contributed by atoms with van der Waals surface area (Å²) in [6, 6.07) is 9.67. The molecule has 15 atom stereocenters. The van der Waals surface area contributed by atoms with Crippen LogP contribution in [0.15, 0.2) is 59.4 Å². The molecule has 0 spiro atoms. The first-order chi connectivity index (χ1) is 58.6. The molecule has 7 rings (SSSR count). The molecule has 3 aliphatic heterocycles. The molecule has 0 bridgehead atoms. The van der Waals surface area contributed by atoms with Crippen LogP contribution < -0.4 is 57.9 Å². The molecule has 3 saturated heterocycles. The predicted molar refractivity (Wildman–Crippen MR) is 431 cm³/mol. The largest absolute Gasteiger partial charge is 0.471 e. The first-order valence-corrected chi connectivity index (χ1v) is 41.3. The van der Waals surface area contributed by atoms with Crippen LogP contribution in [0.2, 0.25) is 0 Å². The highest BCUT2D eigenvalue weighted by atomic mass is 16.7. The molecule has 3 aliphatic rings. The Kier molecular flexibility index (Phi) is 43.9. The Morgan fingerprint density at radius 3 is 1.07 bits per heavy atom. The molecule has 4 heterocycles. The Morgan fingerprint density at radius 2 is 0.705 bits per heavy atom. The van der Waals surface area contributed by atoms with Crippen molar-refractivity contribution >= 4 is 97.4 Å². The van der Waals surface area contributed by atoms with E-state index in [1.165, 1.54) is 20.8 Å². The van der Waals surface area contributed by atoms with E-state index in [0.29, 0.717) is 57.8 Å². The van der Waals surface area contributed by atoms with Crippen molar-refractivity contribution in [3.8, 4) is 5.75 Å². The van der Waals surface area contributed by atoms with Gasteiger partial charge in [0.25, 0.3) is 0 Å². The Balaban J connectivity index is 0.903. The number of esters is 1. The lowest BCUT2D eigenvalue weighted by Gasteiger charge is -2.42. The van der Waals surface area contributed by atoms with E-state index in [1.54, 1.807) is 24.7 Å². The molecule has 19 N–H and O–H groups in total. The zero-order chi connectivity index (χ0) is 88.5. The average molecular weight is 1730 g/mol. The summed E-state index contributed by atoms with van der Waals surface area (Å²) >= 11 is 0. The van der Waals surface area contributed by atoms with Gasteiger partial charge in [-0.15, -0.1) is 0 Å². The molecular formula is C81H122N10O31. The third kappa shape index (κ3) is 33.7. The SMILES string of the molecule is CC(=O)N[C@H]1[C@H](OCCCCC(=O)NCCCNC(=O)CCOCC(COCCC(=O)NCCCNC(=O)CCCCO[C@H]2O[C@H](CO)[C@H](O)[C@H](O)[C@H]2NC(C)=O)(COCCC(=O)NCCCNC(=O)CCCCO[C@H]2O[C@H](CO)[C@H](O)[C@H](O)[C@H]2NC(C)=O)NC(=O)CCC(=O)Oc2ccc3ccc4c5cocc5ccc4c3c2)O[C@H](CO)[C@H](O)[C@@H]1O. The van der Waals surface area contributed by atoms with Crippen LogP contribution in [0.4, 0.5) is 0 Å². The second kappa shape index (κ2) is 53.4. The number of aliphatic hydroxyl groups excluding tert-OH is 9. The van der Waals surface area contributed by atoms with E-state index >= 15 is 0 Å². The molecule has 1 aromatic heterocycles. The maximum atomic E-state index is 14.2. The number of rotatable bonds is 56.